The summed E-state index contributed by atoms with van der Waals surface area (Å²) in [6.07, 6.45) is 4.77. The summed E-state index contributed by atoms with van der Waals surface area (Å²) in [7, 11) is 4.99. The molecule has 0 radical (unpaired) electrons. The monoisotopic (exact) mass is 495 g/mol. The Hall–Kier alpha value is -2.81. The van der Waals surface area contributed by atoms with Gasteiger partial charge in [-0.05, 0) is 67.3 Å². The lowest BCUT2D eigenvalue weighted by atomic mass is 9.99. The maximum absolute atomic E-state index is 9.73. The van der Waals surface area contributed by atoms with E-state index < -0.39 is 0 Å². The van der Waals surface area contributed by atoms with Gasteiger partial charge in [0.05, 0.1) is 49.9 Å². The van der Waals surface area contributed by atoms with Gasteiger partial charge < -0.3 is 29.0 Å². The molecule has 2 aliphatic rings. The van der Waals surface area contributed by atoms with Crippen LogP contribution in [0.25, 0.3) is 16.8 Å². The average Bonchev–Trinajstić information content (AvgIpc) is 3.66. The maximum atomic E-state index is 9.73. The minimum absolute atomic E-state index is 0.0938. The van der Waals surface area contributed by atoms with Crippen LogP contribution in [-0.2, 0) is 22.7 Å². The molecule has 1 N–H and O–H groups in total. The summed E-state index contributed by atoms with van der Waals surface area (Å²) in [4.78, 5) is 2.55. The Morgan fingerprint density at radius 3 is 2.25 bits per heavy atom. The first-order chi connectivity index (χ1) is 17.7. The van der Waals surface area contributed by atoms with Gasteiger partial charge in [0.25, 0.3) is 0 Å². The number of nitrogens with zero attached hydrogens (tertiary/aromatic N) is 3. The molecule has 8 heteroatoms. The number of aromatic nitrogens is 2. The van der Waals surface area contributed by atoms with Crippen LogP contribution in [0, 0.1) is 11.8 Å². The molecular weight excluding hydrogens is 458 g/mol. The Labute approximate surface area is 212 Å². The van der Waals surface area contributed by atoms with Crippen molar-refractivity contribution in [3.8, 4) is 22.8 Å². The predicted octanol–water partition coefficient (Wildman–Crippen LogP) is 4.30. The summed E-state index contributed by atoms with van der Waals surface area (Å²) < 4.78 is 24.7. The lowest BCUT2D eigenvalue weighted by Gasteiger charge is -2.31. The normalized spacial score (nSPS) is 16.4. The Morgan fingerprint density at radius 2 is 1.67 bits per heavy atom. The lowest BCUT2D eigenvalue weighted by molar-refractivity contribution is 0.0681. The molecular formula is C28H37N3O5. The lowest BCUT2D eigenvalue weighted by Crippen LogP contribution is -2.34. The van der Waals surface area contributed by atoms with E-state index in [0.717, 1.165) is 78.8 Å². The van der Waals surface area contributed by atoms with Crippen molar-refractivity contribution in [2.75, 3.05) is 52.5 Å². The second kappa shape index (κ2) is 11.1. The molecule has 0 unspecified atom stereocenters. The molecule has 2 aromatic heterocycles. The zero-order chi connectivity index (χ0) is 25.1. The first kappa shape index (κ1) is 24.9. The minimum Gasteiger partial charge on any atom is -0.496 e. The fraction of sp³-hybridized carbons (Fsp3) is 0.536. The molecule has 0 amide bonds. The summed E-state index contributed by atoms with van der Waals surface area (Å²) >= 11 is 0. The molecule has 3 aromatic rings. The highest BCUT2D eigenvalue weighted by Gasteiger charge is 2.30. The number of pyridine rings is 1. The van der Waals surface area contributed by atoms with Crippen LogP contribution in [0.5, 0.6) is 11.5 Å². The number of anilines is 1. The highest BCUT2D eigenvalue weighted by atomic mass is 16.5. The van der Waals surface area contributed by atoms with Gasteiger partial charge >= 0.3 is 0 Å². The molecule has 194 valence electrons. The first-order valence-electron chi connectivity index (χ1n) is 12.8. The second-order valence-electron chi connectivity index (χ2n) is 9.87. The van der Waals surface area contributed by atoms with Crippen molar-refractivity contribution in [3.05, 3.63) is 41.6 Å². The average molecular weight is 496 g/mol. The molecule has 0 spiro atoms. The zero-order valence-electron chi connectivity index (χ0n) is 21.5. The van der Waals surface area contributed by atoms with Crippen molar-refractivity contribution in [2.24, 2.45) is 11.8 Å². The van der Waals surface area contributed by atoms with E-state index in [1.54, 1.807) is 21.3 Å². The van der Waals surface area contributed by atoms with Gasteiger partial charge in [-0.1, -0.05) is 6.07 Å². The third-order valence-corrected chi connectivity index (χ3v) is 7.30. The predicted molar refractivity (Wildman–Crippen MR) is 139 cm³/mol. The highest BCUT2D eigenvalue weighted by Crippen LogP contribution is 2.42. The van der Waals surface area contributed by atoms with Gasteiger partial charge in [-0.15, -0.1) is 0 Å². The number of benzene rings is 1. The van der Waals surface area contributed by atoms with Gasteiger partial charge in [0.2, 0.25) is 0 Å². The SMILES string of the molecule is COCc1nn2c(-c3c(OC)cc(CO)cc3OC)cccc2c1N(CC1CCOCC1)CC1CC1. The van der Waals surface area contributed by atoms with E-state index in [4.69, 9.17) is 24.0 Å². The molecule has 8 nitrogen and oxygen atoms in total. The first-order valence-corrected chi connectivity index (χ1v) is 12.8. The molecule has 1 aliphatic carbocycles. The van der Waals surface area contributed by atoms with Crippen LogP contribution >= 0.6 is 0 Å². The van der Waals surface area contributed by atoms with E-state index in [1.807, 2.05) is 22.7 Å². The van der Waals surface area contributed by atoms with Gasteiger partial charge in [0.15, 0.2) is 0 Å². The summed E-state index contributed by atoms with van der Waals surface area (Å²) in [5.74, 6) is 2.61. The number of aliphatic hydroxyl groups excluding tert-OH is 1. The van der Waals surface area contributed by atoms with Gasteiger partial charge in [-0.2, -0.15) is 5.10 Å². The Morgan fingerprint density at radius 1 is 1.00 bits per heavy atom. The zero-order valence-corrected chi connectivity index (χ0v) is 21.5. The van der Waals surface area contributed by atoms with Crippen molar-refractivity contribution in [2.45, 2.75) is 38.9 Å². The van der Waals surface area contributed by atoms with E-state index in [0.29, 0.717) is 24.0 Å². The van der Waals surface area contributed by atoms with Crippen LogP contribution in [0.3, 0.4) is 0 Å². The molecule has 0 atom stereocenters. The smallest absolute Gasteiger partial charge is 0.132 e. The Bertz CT molecular complexity index is 1160. The van der Waals surface area contributed by atoms with Crippen molar-refractivity contribution < 1.29 is 24.1 Å². The minimum atomic E-state index is -0.0938. The molecule has 1 aliphatic heterocycles. The van der Waals surface area contributed by atoms with Crippen molar-refractivity contribution in [3.63, 3.8) is 0 Å². The van der Waals surface area contributed by atoms with Crippen LogP contribution < -0.4 is 14.4 Å². The van der Waals surface area contributed by atoms with Crippen molar-refractivity contribution in [1.82, 2.24) is 9.61 Å². The fourth-order valence-corrected chi connectivity index (χ4v) is 5.29. The highest BCUT2D eigenvalue weighted by molar-refractivity contribution is 5.82. The number of rotatable bonds is 11. The molecule has 0 bridgehead atoms. The quantitative estimate of drug-likeness (QED) is 0.425. The fourth-order valence-electron chi connectivity index (χ4n) is 5.29. The van der Waals surface area contributed by atoms with Crippen LogP contribution in [0.15, 0.2) is 30.3 Å². The van der Waals surface area contributed by atoms with E-state index in [-0.39, 0.29) is 6.61 Å². The molecule has 1 saturated heterocycles. The van der Waals surface area contributed by atoms with Crippen LogP contribution in [-0.4, -0.2) is 62.4 Å². The third kappa shape index (κ3) is 5.03. The van der Waals surface area contributed by atoms with Crippen LogP contribution in [0.4, 0.5) is 5.69 Å². The molecule has 3 heterocycles. The number of ether oxygens (including phenoxy) is 4. The maximum Gasteiger partial charge on any atom is 0.132 e. The van der Waals surface area contributed by atoms with Gasteiger partial charge in [0.1, 0.15) is 17.2 Å². The molecule has 1 aromatic carbocycles. The van der Waals surface area contributed by atoms with Gasteiger partial charge in [-0.25, -0.2) is 4.52 Å². The topological polar surface area (TPSA) is 77.7 Å². The summed E-state index contributed by atoms with van der Waals surface area (Å²) in [6, 6.07) is 9.93. The van der Waals surface area contributed by atoms with Crippen molar-refractivity contribution in [1.29, 1.82) is 0 Å². The van der Waals surface area contributed by atoms with Crippen LogP contribution in [0.1, 0.15) is 36.9 Å². The molecule has 36 heavy (non-hydrogen) atoms. The number of hydrogen-bond acceptors (Lipinski definition) is 7. The van der Waals surface area contributed by atoms with Crippen LogP contribution in [0.2, 0.25) is 0 Å². The Balaban J connectivity index is 1.65. The summed E-state index contributed by atoms with van der Waals surface area (Å²) in [6.45, 7) is 4.06. The number of methoxy groups -OCH3 is 3. The van der Waals surface area contributed by atoms with Gasteiger partial charge in [0, 0.05) is 33.4 Å². The standard InChI is InChI=1S/C28H37N3O5/c1-33-18-22-28(30(15-19-7-8-19)16-20-9-11-36-12-10-20)24-6-4-5-23(31(24)29-22)27-25(34-2)13-21(17-32)14-26(27)35-3/h4-6,13-14,19-20,32H,7-12,15-18H2,1-3H3. The van der Waals surface area contributed by atoms with E-state index in [1.165, 1.54) is 12.8 Å². The van der Waals surface area contributed by atoms with Gasteiger partial charge in [-0.3, -0.25) is 0 Å². The van der Waals surface area contributed by atoms with E-state index in [9.17, 15) is 5.11 Å². The van der Waals surface area contributed by atoms with E-state index in [2.05, 4.69) is 17.0 Å². The number of fused-ring (bicyclic) bond motifs is 1. The number of aliphatic hydroxyl groups is 1. The number of hydrogen-bond donors (Lipinski definition) is 1. The van der Waals surface area contributed by atoms with Crippen molar-refractivity contribution >= 4 is 11.2 Å². The molecule has 1 saturated carbocycles. The third-order valence-electron chi connectivity index (χ3n) is 7.30. The molecule has 5 rings (SSSR count). The Kier molecular flexibility index (Phi) is 7.65. The van der Waals surface area contributed by atoms with E-state index >= 15 is 0 Å². The summed E-state index contributed by atoms with van der Waals surface area (Å²) in [5, 5.41) is 14.8. The summed E-state index contributed by atoms with van der Waals surface area (Å²) in [5.41, 5.74) is 5.53. The molecule has 2 fully saturated rings. The largest absolute Gasteiger partial charge is 0.496 e. The second-order valence-corrected chi connectivity index (χ2v) is 9.87.